The van der Waals surface area contributed by atoms with Crippen molar-refractivity contribution < 1.29 is 14.3 Å². The van der Waals surface area contributed by atoms with Crippen molar-refractivity contribution in [1.82, 2.24) is 20.6 Å². The summed E-state index contributed by atoms with van der Waals surface area (Å²) in [6.45, 7) is 1.33. The Kier molecular flexibility index (Phi) is 9.74. The molecule has 2 N–H and O–H groups in total. The van der Waals surface area contributed by atoms with Crippen LogP contribution in [0.3, 0.4) is 0 Å². The summed E-state index contributed by atoms with van der Waals surface area (Å²) < 4.78 is 4.91. The Balaban J connectivity index is 1.81. The molecule has 0 aliphatic rings. The van der Waals surface area contributed by atoms with Gasteiger partial charge in [0.25, 0.3) is 5.91 Å². The van der Waals surface area contributed by atoms with Crippen molar-refractivity contribution in [1.29, 1.82) is 0 Å². The first-order valence-electron chi connectivity index (χ1n) is 8.83. The van der Waals surface area contributed by atoms with E-state index < -0.39 is 5.91 Å². The largest absolute Gasteiger partial charge is 0.385 e. The summed E-state index contributed by atoms with van der Waals surface area (Å²) in [5.74, 6) is 0.123. The van der Waals surface area contributed by atoms with Gasteiger partial charge in [0.15, 0.2) is 10.9 Å². The van der Waals surface area contributed by atoms with E-state index in [1.165, 1.54) is 18.0 Å². The summed E-state index contributed by atoms with van der Waals surface area (Å²) in [6.07, 6.45) is 2.34. The van der Waals surface area contributed by atoms with Crippen molar-refractivity contribution in [3.05, 3.63) is 52.8 Å². The van der Waals surface area contributed by atoms with Gasteiger partial charge in [0.1, 0.15) is 0 Å². The number of halogens is 1. The molecule has 7 nitrogen and oxygen atoms in total. The third kappa shape index (κ3) is 7.84. The zero-order chi connectivity index (χ0) is 20.2. The van der Waals surface area contributed by atoms with Crippen LogP contribution < -0.4 is 10.6 Å². The molecule has 1 heterocycles. The van der Waals surface area contributed by atoms with Crippen molar-refractivity contribution in [2.45, 2.75) is 23.8 Å². The van der Waals surface area contributed by atoms with E-state index in [1.807, 2.05) is 30.3 Å². The molecule has 9 heteroatoms. The van der Waals surface area contributed by atoms with Crippen LogP contribution in [0.25, 0.3) is 0 Å². The van der Waals surface area contributed by atoms with Gasteiger partial charge in [-0.05, 0) is 12.0 Å². The molecule has 150 valence electrons. The van der Waals surface area contributed by atoms with Crippen LogP contribution in [0.5, 0.6) is 0 Å². The monoisotopic (exact) mass is 422 g/mol. The highest BCUT2D eigenvalue weighted by Gasteiger charge is 2.14. The quantitative estimate of drug-likeness (QED) is 0.328. The van der Waals surface area contributed by atoms with Gasteiger partial charge < -0.3 is 15.4 Å². The maximum Gasteiger partial charge on any atom is 0.271 e. The molecular weight excluding hydrogens is 400 g/mol. The number of nitrogens with zero attached hydrogens (tertiary/aromatic N) is 2. The van der Waals surface area contributed by atoms with E-state index in [2.05, 4.69) is 20.6 Å². The Morgan fingerprint density at radius 1 is 1.18 bits per heavy atom. The number of nitrogens with one attached hydrogen (secondary N) is 2. The maximum atomic E-state index is 12.3. The van der Waals surface area contributed by atoms with Crippen LogP contribution in [0.1, 0.15) is 28.9 Å². The minimum absolute atomic E-state index is 0.104. The standard InChI is InChI=1S/C19H23ClN4O3S/c1-27-11-5-9-21-16(25)8-10-22-18(26)17-15(20)12-23-19(24-17)28-13-14-6-3-2-4-7-14/h2-4,6-7,12H,5,8-11,13H2,1H3,(H,21,25)(H,22,26). The highest BCUT2D eigenvalue weighted by atomic mass is 35.5. The summed E-state index contributed by atoms with van der Waals surface area (Å²) in [5, 5.41) is 6.06. The Bertz CT molecular complexity index is 777. The zero-order valence-corrected chi connectivity index (χ0v) is 17.2. The molecule has 0 unspecified atom stereocenters. The molecule has 0 fully saturated rings. The van der Waals surface area contributed by atoms with Gasteiger partial charge in [-0.3, -0.25) is 9.59 Å². The molecular formula is C19H23ClN4O3S. The second-order valence-corrected chi connectivity index (χ2v) is 7.18. The number of hydrogen-bond donors (Lipinski definition) is 2. The average Bonchev–Trinajstić information content (AvgIpc) is 2.71. The summed E-state index contributed by atoms with van der Waals surface area (Å²) in [5.41, 5.74) is 1.24. The lowest BCUT2D eigenvalue weighted by Gasteiger charge is -2.08. The second kappa shape index (κ2) is 12.3. The Morgan fingerprint density at radius 2 is 1.96 bits per heavy atom. The predicted octanol–water partition coefficient (Wildman–Crippen LogP) is 2.69. The van der Waals surface area contributed by atoms with Crippen LogP contribution in [0, 0.1) is 0 Å². The summed E-state index contributed by atoms with van der Waals surface area (Å²) in [4.78, 5) is 32.4. The van der Waals surface area contributed by atoms with E-state index in [-0.39, 0.29) is 29.6 Å². The lowest BCUT2D eigenvalue weighted by Crippen LogP contribution is -2.32. The fraction of sp³-hybridized carbons (Fsp3) is 0.368. The molecule has 0 spiro atoms. The molecule has 0 atom stereocenters. The third-order valence-electron chi connectivity index (χ3n) is 3.63. The van der Waals surface area contributed by atoms with Gasteiger partial charge in [0.05, 0.1) is 11.2 Å². The van der Waals surface area contributed by atoms with E-state index in [4.69, 9.17) is 16.3 Å². The number of benzene rings is 1. The highest BCUT2D eigenvalue weighted by Crippen LogP contribution is 2.21. The molecule has 1 aromatic heterocycles. The molecule has 2 aromatic rings. The second-order valence-electron chi connectivity index (χ2n) is 5.83. The molecule has 0 saturated heterocycles. The molecule has 0 saturated carbocycles. The van der Waals surface area contributed by atoms with Gasteiger partial charge in [0.2, 0.25) is 5.91 Å². The van der Waals surface area contributed by atoms with Gasteiger partial charge in [-0.2, -0.15) is 0 Å². The van der Waals surface area contributed by atoms with Crippen LogP contribution >= 0.6 is 23.4 Å². The van der Waals surface area contributed by atoms with Gasteiger partial charge in [-0.25, -0.2) is 9.97 Å². The number of amides is 2. The van der Waals surface area contributed by atoms with Gasteiger partial charge in [-0.1, -0.05) is 53.7 Å². The van der Waals surface area contributed by atoms with Gasteiger partial charge in [-0.15, -0.1) is 0 Å². The van der Waals surface area contributed by atoms with E-state index in [0.717, 1.165) is 12.0 Å². The summed E-state index contributed by atoms with van der Waals surface area (Å²) in [6, 6.07) is 9.90. The Hall–Kier alpha value is -2.16. The fourth-order valence-electron chi connectivity index (χ4n) is 2.21. The van der Waals surface area contributed by atoms with Gasteiger partial charge >= 0.3 is 0 Å². The summed E-state index contributed by atoms with van der Waals surface area (Å²) >= 11 is 7.48. The first-order valence-corrected chi connectivity index (χ1v) is 10.2. The lowest BCUT2D eigenvalue weighted by molar-refractivity contribution is -0.120. The SMILES string of the molecule is COCCCNC(=O)CCNC(=O)c1nc(SCc2ccccc2)ncc1Cl. The van der Waals surface area contributed by atoms with Crippen LogP contribution in [-0.2, 0) is 15.3 Å². The lowest BCUT2D eigenvalue weighted by atomic mass is 10.2. The van der Waals surface area contributed by atoms with E-state index >= 15 is 0 Å². The highest BCUT2D eigenvalue weighted by molar-refractivity contribution is 7.98. The molecule has 1 aromatic carbocycles. The van der Waals surface area contributed by atoms with Crippen molar-refractivity contribution in [2.75, 3.05) is 26.8 Å². The number of aromatic nitrogens is 2. The van der Waals surface area contributed by atoms with E-state index in [0.29, 0.717) is 24.1 Å². The molecule has 2 rings (SSSR count). The number of hydrogen-bond acceptors (Lipinski definition) is 6. The summed E-state index contributed by atoms with van der Waals surface area (Å²) in [7, 11) is 1.61. The minimum atomic E-state index is -0.429. The van der Waals surface area contributed by atoms with Crippen LogP contribution in [0.4, 0.5) is 0 Å². The smallest absolute Gasteiger partial charge is 0.271 e. The van der Waals surface area contributed by atoms with Crippen LogP contribution in [0.15, 0.2) is 41.7 Å². The van der Waals surface area contributed by atoms with Crippen molar-refractivity contribution >= 4 is 35.2 Å². The molecule has 2 amide bonds. The number of ether oxygens (including phenoxy) is 1. The minimum Gasteiger partial charge on any atom is -0.385 e. The van der Waals surface area contributed by atoms with Crippen LogP contribution in [0.2, 0.25) is 5.02 Å². The Labute approximate surface area is 173 Å². The molecule has 0 aliphatic heterocycles. The first-order chi connectivity index (χ1) is 13.6. The zero-order valence-electron chi connectivity index (χ0n) is 15.6. The molecule has 0 bridgehead atoms. The number of methoxy groups -OCH3 is 1. The predicted molar refractivity (Wildman–Crippen MR) is 109 cm³/mol. The Morgan fingerprint density at radius 3 is 2.71 bits per heavy atom. The van der Waals surface area contributed by atoms with Crippen molar-refractivity contribution in [3.63, 3.8) is 0 Å². The maximum absolute atomic E-state index is 12.3. The van der Waals surface area contributed by atoms with Crippen LogP contribution in [-0.4, -0.2) is 48.6 Å². The van der Waals surface area contributed by atoms with Gasteiger partial charge in [0, 0.05) is 39.0 Å². The van der Waals surface area contributed by atoms with E-state index in [9.17, 15) is 9.59 Å². The first kappa shape index (κ1) is 22.1. The van der Waals surface area contributed by atoms with Crippen molar-refractivity contribution in [2.24, 2.45) is 0 Å². The molecule has 28 heavy (non-hydrogen) atoms. The molecule has 0 aliphatic carbocycles. The number of carbonyl (C=O) groups is 2. The molecule has 0 radical (unpaired) electrons. The fourth-order valence-corrected chi connectivity index (χ4v) is 3.16. The average molecular weight is 423 g/mol. The number of rotatable bonds is 11. The van der Waals surface area contributed by atoms with Crippen molar-refractivity contribution in [3.8, 4) is 0 Å². The number of thioether (sulfide) groups is 1. The van der Waals surface area contributed by atoms with E-state index in [1.54, 1.807) is 7.11 Å². The topological polar surface area (TPSA) is 93.2 Å². The third-order valence-corrected chi connectivity index (χ3v) is 4.84. The normalized spacial score (nSPS) is 10.5. The number of carbonyl (C=O) groups excluding carboxylic acids is 2.